The molecule has 0 amide bonds. The Morgan fingerprint density at radius 1 is 1.22 bits per heavy atom. The number of hydrogen-bond acceptors (Lipinski definition) is 3. The highest BCUT2D eigenvalue weighted by molar-refractivity contribution is 14.0. The summed E-state index contributed by atoms with van der Waals surface area (Å²) in [5.74, 6) is 2.06. The van der Waals surface area contributed by atoms with Gasteiger partial charge in [-0.15, -0.1) is 24.0 Å². The average molecular weight is 485 g/mol. The lowest BCUT2D eigenvalue weighted by Gasteiger charge is -2.16. The second-order valence-electron chi connectivity index (χ2n) is 6.83. The molecule has 0 aliphatic rings. The fourth-order valence-electron chi connectivity index (χ4n) is 2.77. The Morgan fingerprint density at radius 2 is 1.96 bits per heavy atom. The van der Waals surface area contributed by atoms with Gasteiger partial charge in [-0.1, -0.05) is 13.8 Å². The molecule has 27 heavy (non-hydrogen) atoms. The van der Waals surface area contributed by atoms with Crippen LogP contribution in [0.3, 0.4) is 0 Å². The van der Waals surface area contributed by atoms with Crippen molar-refractivity contribution in [1.29, 1.82) is 0 Å². The number of halogens is 1. The van der Waals surface area contributed by atoms with Crippen LogP contribution < -0.4 is 15.4 Å². The number of aliphatic imine (C=N–C) groups is 1. The SMILES string of the molecule is CN=C(NCCn1cccc1)NCc1ccnc(OC(C)CC(C)C)c1.I. The van der Waals surface area contributed by atoms with E-state index in [1.165, 1.54) is 0 Å². The van der Waals surface area contributed by atoms with Crippen LogP contribution in [0.25, 0.3) is 0 Å². The summed E-state index contributed by atoms with van der Waals surface area (Å²) in [6.07, 6.45) is 7.07. The zero-order valence-corrected chi connectivity index (χ0v) is 19.0. The fraction of sp³-hybridized carbons (Fsp3) is 0.500. The molecule has 2 N–H and O–H groups in total. The summed E-state index contributed by atoms with van der Waals surface area (Å²) >= 11 is 0. The van der Waals surface area contributed by atoms with Gasteiger partial charge in [-0.2, -0.15) is 0 Å². The maximum atomic E-state index is 5.92. The highest BCUT2D eigenvalue weighted by Gasteiger charge is 2.08. The highest BCUT2D eigenvalue weighted by atomic mass is 127. The molecule has 0 aromatic carbocycles. The average Bonchev–Trinajstić information content (AvgIpc) is 3.11. The molecule has 2 aromatic heterocycles. The van der Waals surface area contributed by atoms with Crippen LogP contribution in [0.2, 0.25) is 0 Å². The quantitative estimate of drug-likeness (QED) is 0.323. The molecule has 1 atom stereocenters. The summed E-state index contributed by atoms with van der Waals surface area (Å²) in [5, 5.41) is 6.64. The molecule has 0 saturated carbocycles. The van der Waals surface area contributed by atoms with Gasteiger partial charge >= 0.3 is 0 Å². The lowest BCUT2D eigenvalue weighted by Crippen LogP contribution is -2.38. The third-order valence-corrected chi connectivity index (χ3v) is 3.94. The van der Waals surface area contributed by atoms with Crippen LogP contribution in [0.4, 0.5) is 0 Å². The molecule has 0 bridgehead atoms. The molecule has 0 spiro atoms. The lowest BCUT2D eigenvalue weighted by molar-refractivity contribution is 0.185. The number of hydrogen-bond donors (Lipinski definition) is 2. The van der Waals surface area contributed by atoms with Gasteiger partial charge in [0, 0.05) is 51.3 Å². The van der Waals surface area contributed by atoms with Gasteiger partial charge in [0.25, 0.3) is 0 Å². The van der Waals surface area contributed by atoms with Crippen molar-refractivity contribution < 1.29 is 4.74 Å². The van der Waals surface area contributed by atoms with E-state index >= 15 is 0 Å². The van der Waals surface area contributed by atoms with E-state index in [4.69, 9.17) is 4.74 Å². The number of pyridine rings is 1. The molecule has 0 aliphatic carbocycles. The first-order valence-electron chi connectivity index (χ1n) is 9.23. The molecular weight excluding hydrogens is 453 g/mol. The Hall–Kier alpha value is -1.77. The van der Waals surface area contributed by atoms with Crippen LogP contribution in [-0.2, 0) is 13.1 Å². The van der Waals surface area contributed by atoms with E-state index in [0.717, 1.165) is 31.0 Å². The lowest BCUT2D eigenvalue weighted by atomic mass is 10.1. The Bertz CT molecular complexity index is 673. The maximum absolute atomic E-state index is 5.92. The third kappa shape index (κ3) is 9.12. The van der Waals surface area contributed by atoms with Crippen molar-refractivity contribution >= 4 is 29.9 Å². The van der Waals surface area contributed by atoms with E-state index in [-0.39, 0.29) is 30.1 Å². The van der Waals surface area contributed by atoms with E-state index in [1.54, 1.807) is 13.2 Å². The molecule has 0 saturated heterocycles. The number of ether oxygens (including phenoxy) is 1. The van der Waals surface area contributed by atoms with E-state index in [1.807, 2.05) is 24.3 Å². The smallest absolute Gasteiger partial charge is 0.213 e. The number of guanidine groups is 1. The van der Waals surface area contributed by atoms with E-state index in [2.05, 4.69) is 58.3 Å². The van der Waals surface area contributed by atoms with E-state index in [0.29, 0.717) is 18.3 Å². The zero-order valence-electron chi connectivity index (χ0n) is 16.7. The van der Waals surface area contributed by atoms with Gasteiger partial charge in [0.2, 0.25) is 5.88 Å². The normalized spacial score (nSPS) is 12.4. The zero-order chi connectivity index (χ0) is 18.8. The summed E-state index contributed by atoms with van der Waals surface area (Å²) in [6.45, 7) is 8.86. The Labute approximate surface area is 179 Å². The van der Waals surface area contributed by atoms with Crippen molar-refractivity contribution in [2.24, 2.45) is 10.9 Å². The van der Waals surface area contributed by atoms with Crippen molar-refractivity contribution in [3.63, 3.8) is 0 Å². The summed E-state index contributed by atoms with van der Waals surface area (Å²) in [5.41, 5.74) is 1.11. The second kappa shape index (κ2) is 12.6. The number of nitrogens with zero attached hydrogens (tertiary/aromatic N) is 3. The number of nitrogens with one attached hydrogen (secondary N) is 2. The van der Waals surface area contributed by atoms with Crippen LogP contribution in [0, 0.1) is 5.92 Å². The Kier molecular flexibility index (Phi) is 10.8. The molecule has 6 nitrogen and oxygen atoms in total. The topological polar surface area (TPSA) is 63.5 Å². The van der Waals surface area contributed by atoms with E-state index in [9.17, 15) is 0 Å². The first-order chi connectivity index (χ1) is 12.6. The fourth-order valence-corrected chi connectivity index (χ4v) is 2.77. The van der Waals surface area contributed by atoms with Gasteiger partial charge in [-0.05, 0) is 43.0 Å². The van der Waals surface area contributed by atoms with Crippen molar-refractivity contribution in [1.82, 2.24) is 20.2 Å². The Balaban J connectivity index is 0.00000364. The minimum Gasteiger partial charge on any atom is -0.475 e. The summed E-state index contributed by atoms with van der Waals surface area (Å²) in [7, 11) is 1.78. The highest BCUT2D eigenvalue weighted by Crippen LogP contribution is 2.14. The largest absolute Gasteiger partial charge is 0.475 e. The monoisotopic (exact) mass is 485 g/mol. The van der Waals surface area contributed by atoms with Crippen LogP contribution >= 0.6 is 24.0 Å². The van der Waals surface area contributed by atoms with Crippen molar-refractivity contribution in [2.45, 2.75) is 46.4 Å². The minimum atomic E-state index is 0. The molecular formula is C20H32IN5O. The summed E-state index contributed by atoms with van der Waals surface area (Å²) in [4.78, 5) is 8.58. The molecule has 0 aliphatic heterocycles. The predicted octanol–water partition coefficient (Wildman–Crippen LogP) is 3.68. The van der Waals surface area contributed by atoms with Gasteiger partial charge in [0.1, 0.15) is 0 Å². The predicted molar refractivity (Wildman–Crippen MR) is 122 cm³/mol. The molecule has 1 unspecified atom stereocenters. The third-order valence-electron chi connectivity index (χ3n) is 3.94. The standard InChI is InChI=1S/C20H31N5O.HI/c1-16(2)13-17(3)26-19-14-18(7-8-22-19)15-24-20(21-4)23-9-12-25-10-5-6-11-25;/h5-8,10-11,14,16-17H,9,12-13,15H2,1-4H3,(H2,21,23,24);1H. The van der Waals surface area contributed by atoms with Gasteiger partial charge in [0.05, 0.1) is 6.10 Å². The molecule has 0 radical (unpaired) electrons. The van der Waals surface area contributed by atoms with Crippen molar-refractivity contribution in [3.8, 4) is 5.88 Å². The molecule has 2 heterocycles. The number of rotatable bonds is 9. The van der Waals surface area contributed by atoms with Crippen LogP contribution in [0.5, 0.6) is 5.88 Å². The van der Waals surface area contributed by atoms with Crippen molar-refractivity contribution in [3.05, 3.63) is 48.4 Å². The van der Waals surface area contributed by atoms with Crippen molar-refractivity contribution in [2.75, 3.05) is 13.6 Å². The van der Waals surface area contributed by atoms with Crippen LogP contribution in [0.15, 0.2) is 47.8 Å². The van der Waals surface area contributed by atoms with Crippen LogP contribution in [0.1, 0.15) is 32.8 Å². The summed E-state index contributed by atoms with van der Waals surface area (Å²) in [6, 6.07) is 8.02. The first-order valence-corrected chi connectivity index (χ1v) is 9.23. The maximum Gasteiger partial charge on any atom is 0.213 e. The second-order valence-corrected chi connectivity index (χ2v) is 6.83. The summed E-state index contributed by atoms with van der Waals surface area (Å²) < 4.78 is 8.05. The Morgan fingerprint density at radius 3 is 2.63 bits per heavy atom. The molecule has 7 heteroatoms. The van der Waals surface area contributed by atoms with Gasteiger partial charge in [0.15, 0.2) is 5.96 Å². The van der Waals surface area contributed by atoms with Crippen LogP contribution in [-0.4, -0.2) is 35.2 Å². The van der Waals surface area contributed by atoms with Gasteiger partial charge in [-0.3, -0.25) is 4.99 Å². The van der Waals surface area contributed by atoms with Gasteiger partial charge < -0.3 is 19.9 Å². The minimum absolute atomic E-state index is 0. The first kappa shape index (κ1) is 23.3. The van der Waals surface area contributed by atoms with E-state index < -0.39 is 0 Å². The van der Waals surface area contributed by atoms with Gasteiger partial charge in [-0.25, -0.2) is 4.98 Å². The molecule has 2 rings (SSSR count). The molecule has 150 valence electrons. The molecule has 2 aromatic rings. The number of aromatic nitrogens is 2. The molecule has 0 fully saturated rings.